The Hall–Kier alpha value is -1.64. The topological polar surface area (TPSA) is 29.3 Å². The normalized spacial score (nSPS) is 23.6. The largest absolute Gasteiger partial charge is 0.328 e. The zero-order valence-corrected chi connectivity index (χ0v) is 11.8. The summed E-state index contributed by atoms with van der Waals surface area (Å²) in [6, 6.07) is 22.2. The highest BCUT2D eigenvalue weighted by Crippen LogP contribution is 2.31. The molecule has 1 fully saturated rings. The van der Waals surface area contributed by atoms with Crippen LogP contribution in [0, 0.1) is 0 Å². The molecule has 1 aliphatic heterocycles. The Morgan fingerprint density at radius 1 is 0.950 bits per heavy atom. The number of nitrogens with two attached hydrogens (primary N) is 1. The smallest absolute Gasteiger partial charge is 0.0366 e. The van der Waals surface area contributed by atoms with Crippen molar-refractivity contribution in [3.63, 3.8) is 0 Å². The van der Waals surface area contributed by atoms with Gasteiger partial charge in [0, 0.05) is 25.2 Å². The highest BCUT2D eigenvalue weighted by Gasteiger charge is 2.27. The highest BCUT2D eigenvalue weighted by atomic mass is 15.2. The quantitative estimate of drug-likeness (QED) is 0.923. The third kappa shape index (κ3) is 3.09. The van der Waals surface area contributed by atoms with E-state index in [-0.39, 0.29) is 0 Å². The van der Waals surface area contributed by atoms with Gasteiger partial charge in [0.15, 0.2) is 0 Å². The summed E-state index contributed by atoms with van der Waals surface area (Å²) in [5, 5.41) is 0. The minimum atomic E-state index is 0.326. The SMILES string of the molecule is NC1CCN(Cc2ccccc2)C(c2ccccc2)C1. The van der Waals surface area contributed by atoms with Gasteiger partial charge >= 0.3 is 0 Å². The molecular weight excluding hydrogens is 244 g/mol. The molecule has 1 heterocycles. The lowest BCUT2D eigenvalue weighted by Gasteiger charge is -2.38. The molecule has 1 saturated heterocycles. The van der Waals surface area contributed by atoms with Gasteiger partial charge in [0.2, 0.25) is 0 Å². The van der Waals surface area contributed by atoms with Crippen LogP contribution in [0.1, 0.15) is 30.0 Å². The third-order valence-electron chi connectivity index (χ3n) is 4.17. The van der Waals surface area contributed by atoms with Gasteiger partial charge in [-0.15, -0.1) is 0 Å². The van der Waals surface area contributed by atoms with E-state index in [1.807, 2.05) is 0 Å². The fourth-order valence-electron chi connectivity index (χ4n) is 3.07. The zero-order chi connectivity index (χ0) is 13.8. The van der Waals surface area contributed by atoms with Gasteiger partial charge < -0.3 is 5.73 Å². The maximum Gasteiger partial charge on any atom is 0.0366 e. The first kappa shape index (κ1) is 13.3. The third-order valence-corrected chi connectivity index (χ3v) is 4.17. The second-order valence-electron chi connectivity index (χ2n) is 5.67. The first-order chi connectivity index (χ1) is 9.83. The summed E-state index contributed by atoms with van der Waals surface area (Å²) in [5.74, 6) is 0. The van der Waals surface area contributed by atoms with Gasteiger partial charge in [-0.05, 0) is 24.0 Å². The summed E-state index contributed by atoms with van der Waals surface area (Å²) in [6.45, 7) is 2.09. The molecule has 0 spiro atoms. The molecule has 104 valence electrons. The minimum absolute atomic E-state index is 0.326. The first-order valence-corrected chi connectivity index (χ1v) is 7.41. The molecule has 3 rings (SSSR count). The van der Waals surface area contributed by atoms with Crippen LogP contribution in [0.15, 0.2) is 60.7 Å². The Kier molecular flexibility index (Phi) is 4.14. The van der Waals surface area contributed by atoms with E-state index in [0.717, 1.165) is 25.9 Å². The van der Waals surface area contributed by atoms with Crippen LogP contribution >= 0.6 is 0 Å². The van der Waals surface area contributed by atoms with Crippen molar-refractivity contribution in [3.05, 3.63) is 71.8 Å². The number of hydrogen-bond acceptors (Lipinski definition) is 2. The molecule has 0 aliphatic carbocycles. The van der Waals surface area contributed by atoms with E-state index < -0.39 is 0 Å². The molecule has 20 heavy (non-hydrogen) atoms. The van der Waals surface area contributed by atoms with Crippen LogP contribution in [-0.2, 0) is 6.54 Å². The number of nitrogens with zero attached hydrogens (tertiary/aromatic N) is 1. The number of rotatable bonds is 3. The van der Waals surface area contributed by atoms with E-state index in [9.17, 15) is 0 Å². The fourth-order valence-corrected chi connectivity index (χ4v) is 3.07. The van der Waals surface area contributed by atoms with Gasteiger partial charge in [0.25, 0.3) is 0 Å². The van der Waals surface area contributed by atoms with Crippen molar-refractivity contribution in [2.24, 2.45) is 5.73 Å². The summed E-state index contributed by atoms with van der Waals surface area (Å²) in [7, 11) is 0. The van der Waals surface area contributed by atoms with Gasteiger partial charge in [0.1, 0.15) is 0 Å². The predicted octanol–water partition coefficient (Wildman–Crippen LogP) is 3.35. The van der Waals surface area contributed by atoms with Crippen molar-refractivity contribution in [2.75, 3.05) is 6.54 Å². The van der Waals surface area contributed by atoms with Crippen molar-refractivity contribution >= 4 is 0 Å². The monoisotopic (exact) mass is 266 g/mol. The van der Waals surface area contributed by atoms with Crippen molar-refractivity contribution in [1.29, 1.82) is 0 Å². The van der Waals surface area contributed by atoms with Crippen LogP contribution < -0.4 is 5.73 Å². The van der Waals surface area contributed by atoms with Crippen molar-refractivity contribution in [1.82, 2.24) is 4.90 Å². The molecule has 2 aromatic carbocycles. The fraction of sp³-hybridized carbons (Fsp3) is 0.333. The van der Waals surface area contributed by atoms with Crippen LogP contribution in [-0.4, -0.2) is 17.5 Å². The highest BCUT2D eigenvalue weighted by molar-refractivity contribution is 5.21. The van der Waals surface area contributed by atoms with Gasteiger partial charge in [-0.3, -0.25) is 4.90 Å². The van der Waals surface area contributed by atoms with Gasteiger partial charge in [-0.1, -0.05) is 60.7 Å². The van der Waals surface area contributed by atoms with Crippen LogP contribution in [0.25, 0.3) is 0 Å². The van der Waals surface area contributed by atoms with Gasteiger partial charge in [-0.25, -0.2) is 0 Å². The van der Waals surface area contributed by atoms with Crippen LogP contribution in [0.5, 0.6) is 0 Å². The predicted molar refractivity (Wildman–Crippen MR) is 83.2 cm³/mol. The number of benzene rings is 2. The molecule has 0 bridgehead atoms. The average Bonchev–Trinajstić information content (AvgIpc) is 2.51. The molecular formula is C18H22N2. The van der Waals surface area contributed by atoms with Crippen molar-refractivity contribution in [3.8, 4) is 0 Å². The summed E-state index contributed by atoms with van der Waals surface area (Å²) < 4.78 is 0. The molecule has 0 saturated carbocycles. The number of hydrogen-bond donors (Lipinski definition) is 1. The van der Waals surface area contributed by atoms with Crippen molar-refractivity contribution in [2.45, 2.75) is 31.5 Å². The lowest BCUT2D eigenvalue weighted by atomic mass is 9.92. The maximum atomic E-state index is 6.19. The summed E-state index contributed by atoms with van der Waals surface area (Å²) in [4.78, 5) is 2.56. The van der Waals surface area contributed by atoms with Crippen LogP contribution in [0.3, 0.4) is 0 Å². The lowest BCUT2D eigenvalue weighted by molar-refractivity contribution is 0.128. The molecule has 0 aromatic heterocycles. The summed E-state index contributed by atoms with van der Waals surface area (Å²) in [6.07, 6.45) is 2.15. The van der Waals surface area contributed by atoms with E-state index in [1.165, 1.54) is 11.1 Å². The number of likely N-dealkylation sites (tertiary alicyclic amines) is 1. The van der Waals surface area contributed by atoms with Gasteiger partial charge in [-0.2, -0.15) is 0 Å². The van der Waals surface area contributed by atoms with Crippen LogP contribution in [0.4, 0.5) is 0 Å². The minimum Gasteiger partial charge on any atom is -0.328 e. The van der Waals surface area contributed by atoms with Crippen LogP contribution in [0.2, 0.25) is 0 Å². The summed E-state index contributed by atoms with van der Waals surface area (Å²) in [5.41, 5.74) is 8.96. The molecule has 2 atom stereocenters. The Labute approximate surface area is 121 Å². The van der Waals surface area contributed by atoms with Gasteiger partial charge in [0.05, 0.1) is 0 Å². The van der Waals surface area contributed by atoms with E-state index in [2.05, 4.69) is 65.6 Å². The molecule has 0 radical (unpaired) electrons. The Morgan fingerprint density at radius 3 is 2.30 bits per heavy atom. The Bertz CT molecular complexity index is 524. The van der Waals surface area contributed by atoms with E-state index >= 15 is 0 Å². The Balaban J connectivity index is 1.80. The molecule has 2 nitrogen and oxygen atoms in total. The average molecular weight is 266 g/mol. The molecule has 1 aliphatic rings. The summed E-state index contributed by atoms with van der Waals surface area (Å²) >= 11 is 0. The second-order valence-corrected chi connectivity index (χ2v) is 5.67. The lowest BCUT2D eigenvalue weighted by Crippen LogP contribution is -2.41. The molecule has 2 N–H and O–H groups in total. The molecule has 2 aromatic rings. The molecule has 2 heteroatoms. The standard InChI is InChI=1S/C18H22N2/c19-17-11-12-20(14-15-7-3-1-4-8-15)18(13-17)16-9-5-2-6-10-16/h1-10,17-18H,11-14,19H2. The van der Waals surface area contributed by atoms with E-state index in [4.69, 9.17) is 5.73 Å². The Morgan fingerprint density at radius 2 is 1.60 bits per heavy atom. The second kappa shape index (κ2) is 6.21. The van der Waals surface area contributed by atoms with E-state index in [0.29, 0.717) is 12.1 Å². The molecule has 2 unspecified atom stereocenters. The molecule has 0 amide bonds. The number of piperidine rings is 1. The van der Waals surface area contributed by atoms with Crippen molar-refractivity contribution < 1.29 is 0 Å². The maximum absolute atomic E-state index is 6.19. The van der Waals surface area contributed by atoms with E-state index in [1.54, 1.807) is 0 Å². The zero-order valence-electron chi connectivity index (χ0n) is 11.8. The first-order valence-electron chi connectivity index (χ1n) is 7.41.